The van der Waals surface area contributed by atoms with Crippen molar-refractivity contribution >= 4 is 46.1 Å². The van der Waals surface area contributed by atoms with Gasteiger partial charge >= 0.3 is 5.69 Å². The van der Waals surface area contributed by atoms with Gasteiger partial charge in [-0.05, 0) is 6.07 Å². The first-order valence-electron chi connectivity index (χ1n) is 6.07. The van der Waals surface area contributed by atoms with Crippen LogP contribution in [0.3, 0.4) is 0 Å². The van der Waals surface area contributed by atoms with Crippen molar-refractivity contribution in [3.8, 4) is 0 Å². The smallest absolute Gasteiger partial charge is 0.303 e. The Balaban J connectivity index is 2.28. The second-order valence-electron chi connectivity index (χ2n) is 4.22. The van der Waals surface area contributed by atoms with Crippen LogP contribution in [0.15, 0.2) is 28.4 Å². The van der Waals surface area contributed by atoms with Crippen LogP contribution in [0.25, 0.3) is 0 Å². The van der Waals surface area contributed by atoms with Crippen molar-refractivity contribution < 1.29 is 9.85 Å². The summed E-state index contributed by atoms with van der Waals surface area (Å²) in [6.45, 7) is -0.163. The molecule has 0 aliphatic rings. The molecule has 0 saturated heterocycles. The van der Waals surface area contributed by atoms with Crippen molar-refractivity contribution in [2.45, 2.75) is 6.54 Å². The minimum Gasteiger partial charge on any atom is -0.382 e. The van der Waals surface area contributed by atoms with Gasteiger partial charge in [0.1, 0.15) is 18.1 Å². The molecule has 13 heteroatoms. The zero-order valence-corrected chi connectivity index (χ0v) is 13.1. The highest BCUT2D eigenvalue weighted by Gasteiger charge is 2.19. The molecule has 124 valence electrons. The summed E-state index contributed by atoms with van der Waals surface area (Å²) in [5.74, 6) is -0.0125. The minimum atomic E-state index is -0.797. The summed E-state index contributed by atoms with van der Waals surface area (Å²) in [6, 6.07) is 2.99. The van der Waals surface area contributed by atoms with Crippen LogP contribution < -0.4 is 5.73 Å². The number of nitro groups is 2. The van der Waals surface area contributed by atoms with Crippen LogP contribution in [0.1, 0.15) is 5.69 Å². The number of nitrogens with two attached hydrogens (primary N) is 1. The van der Waals surface area contributed by atoms with Crippen molar-refractivity contribution in [3.63, 3.8) is 0 Å². The Morgan fingerprint density at radius 2 is 1.79 bits per heavy atom. The van der Waals surface area contributed by atoms with E-state index in [-0.39, 0.29) is 34.1 Å². The third-order valence-electron chi connectivity index (χ3n) is 2.68. The number of nitro benzene ring substituents is 2. The monoisotopic (exact) mass is 371 g/mol. The van der Waals surface area contributed by atoms with Crippen molar-refractivity contribution in [1.29, 1.82) is 0 Å². The topological polar surface area (TPSA) is 163 Å². The maximum Gasteiger partial charge on any atom is 0.303 e. The molecule has 0 unspecified atom stereocenters. The second-order valence-corrected chi connectivity index (χ2v) is 4.94. The first-order valence-corrected chi connectivity index (χ1v) is 6.83. The lowest BCUT2D eigenvalue weighted by Crippen LogP contribution is -2.01. The first kappa shape index (κ1) is 17.4. The van der Waals surface area contributed by atoms with Crippen LogP contribution in [-0.2, 0) is 6.54 Å². The molecule has 2 rings (SSSR count). The third kappa shape index (κ3) is 3.88. The number of anilines is 1. The highest BCUT2D eigenvalue weighted by atomic mass is 35.5. The lowest BCUT2D eigenvalue weighted by atomic mass is 10.2. The van der Waals surface area contributed by atoms with Gasteiger partial charge in [-0.3, -0.25) is 20.2 Å². The number of rotatable bonds is 5. The molecule has 0 aliphatic carbocycles. The van der Waals surface area contributed by atoms with Crippen molar-refractivity contribution in [1.82, 2.24) is 9.97 Å². The van der Waals surface area contributed by atoms with Gasteiger partial charge in [0.05, 0.1) is 15.9 Å². The summed E-state index contributed by atoms with van der Waals surface area (Å²) in [7, 11) is 0. The van der Waals surface area contributed by atoms with Crippen LogP contribution >= 0.6 is 23.2 Å². The molecular weight excluding hydrogens is 365 g/mol. The lowest BCUT2D eigenvalue weighted by Gasteiger charge is -2.02. The molecule has 24 heavy (non-hydrogen) atoms. The molecule has 0 saturated carbocycles. The highest BCUT2D eigenvalue weighted by molar-refractivity contribution is 6.40. The first-order chi connectivity index (χ1) is 11.3. The van der Waals surface area contributed by atoms with E-state index < -0.39 is 21.2 Å². The molecule has 0 bridgehead atoms. The van der Waals surface area contributed by atoms with E-state index >= 15 is 0 Å². The van der Waals surface area contributed by atoms with E-state index in [1.165, 1.54) is 0 Å². The van der Waals surface area contributed by atoms with Gasteiger partial charge in [0.2, 0.25) is 0 Å². The van der Waals surface area contributed by atoms with E-state index in [2.05, 4.69) is 20.2 Å². The lowest BCUT2D eigenvalue weighted by molar-refractivity contribution is -0.393. The van der Waals surface area contributed by atoms with Gasteiger partial charge in [0.15, 0.2) is 16.0 Å². The fourth-order valence-corrected chi connectivity index (χ4v) is 1.87. The predicted octanol–water partition coefficient (Wildman–Crippen LogP) is 3.47. The van der Waals surface area contributed by atoms with E-state index in [4.69, 9.17) is 28.9 Å². The van der Waals surface area contributed by atoms with E-state index in [1.807, 2.05) is 0 Å². The third-order valence-corrected chi connectivity index (χ3v) is 3.31. The normalized spacial score (nSPS) is 10.9. The van der Waals surface area contributed by atoms with Gasteiger partial charge in [-0.1, -0.05) is 23.2 Å². The van der Waals surface area contributed by atoms with Crippen molar-refractivity contribution in [2.75, 3.05) is 5.73 Å². The van der Waals surface area contributed by atoms with E-state index in [9.17, 15) is 20.2 Å². The largest absolute Gasteiger partial charge is 0.382 e. The molecule has 1 aromatic carbocycles. The Bertz CT molecular complexity index is 859. The molecule has 2 aromatic rings. The summed E-state index contributed by atoms with van der Waals surface area (Å²) in [4.78, 5) is 27.7. The minimum absolute atomic E-state index is 0.0125. The summed E-state index contributed by atoms with van der Waals surface area (Å²) in [5, 5.41) is 28.9. The number of azo groups is 1. The Morgan fingerprint density at radius 3 is 2.42 bits per heavy atom. The predicted molar refractivity (Wildman–Crippen MR) is 84.4 cm³/mol. The van der Waals surface area contributed by atoms with Crippen LogP contribution in [0.4, 0.5) is 22.9 Å². The van der Waals surface area contributed by atoms with Crippen LogP contribution in [-0.4, -0.2) is 19.8 Å². The molecule has 1 heterocycles. The van der Waals surface area contributed by atoms with Crippen molar-refractivity contribution in [2.24, 2.45) is 10.2 Å². The van der Waals surface area contributed by atoms with E-state index in [1.54, 1.807) is 0 Å². The molecule has 0 amide bonds. The number of nitrogen functional groups attached to an aromatic ring is 1. The molecule has 0 atom stereocenters. The molecular formula is C11H7Cl2N7O4. The number of benzene rings is 1. The van der Waals surface area contributed by atoms with Crippen LogP contribution in [0.2, 0.25) is 10.3 Å². The number of nitrogens with zero attached hydrogens (tertiary/aromatic N) is 6. The number of halogens is 2. The standard InChI is InChI=1S/C11H7Cl2N7O4/c12-9-10(13)17-11(14)7(16-9)4-15-18-6-2-1-5(19(21)22)3-8(6)20(23)24/h1-3H,4H2,(H2,14,17). The molecule has 2 N–H and O–H groups in total. The molecule has 11 nitrogen and oxygen atoms in total. The Kier molecular flexibility index (Phi) is 5.16. The van der Waals surface area contributed by atoms with Crippen molar-refractivity contribution in [3.05, 3.63) is 54.4 Å². The van der Waals surface area contributed by atoms with Crippen LogP contribution in [0, 0.1) is 20.2 Å². The van der Waals surface area contributed by atoms with Gasteiger partial charge in [-0.2, -0.15) is 5.11 Å². The number of non-ortho nitro benzene ring substituents is 1. The summed E-state index contributed by atoms with van der Waals surface area (Å²) >= 11 is 11.4. The average Bonchev–Trinajstić information content (AvgIpc) is 2.52. The Labute approximate surface area is 143 Å². The molecule has 0 fully saturated rings. The Hall–Kier alpha value is -2.92. The SMILES string of the molecule is Nc1nc(Cl)c(Cl)nc1CN=Nc1ccc([N+](=O)[O-])cc1[N+](=O)[O-]. The number of hydrogen-bond donors (Lipinski definition) is 1. The zero-order valence-electron chi connectivity index (χ0n) is 11.6. The number of aromatic nitrogens is 2. The quantitative estimate of drug-likeness (QED) is 0.477. The molecule has 0 spiro atoms. The van der Waals surface area contributed by atoms with E-state index in [0.717, 1.165) is 18.2 Å². The fourth-order valence-electron chi connectivity index (χ4n) is 1.59. The molecule has 0 radical (unpaired) electrons. The molecule has 1 aromatic heterocycles. The maximum atomic E-state index is 11.0. The summed E-state index contributed by atoms with van der Waals surface area (Å²) < 4.78 is 0. The van der Waals surface area contributed by atoms with Gasteiger partial charge in [-0.25, -0.2) is 9.97 Å². The van der Waals surface area contributed by atoms with Gasteiger partial charge < -0.3 is 5.73 Å². The zero-order chi connectivity index (χ0) is 17.9. The van der Waals surface area contributed by atoms with E-state index in [0.29, 0.717) is 0 Å². The number of hydrogen-bond acceptors (Lipinski definition) is 9. The second kappa shape index (κ2) is 7.10. The van der Waals surface area contributed by atoms with Gasteiger partial charge in [-0.15, -0.1) is 5.11 Å². The average molecular weight is 372 g/mol. The highest BCUT2D eigenvalue weighted by Crippen LogP contribution is 2.31. The van der Waals surface area contributed by atoms with Crippen LogP contribution in [0.5, 0.6) is 0 Å². The van der Waals surface area contributed by atoms with Gasteiger partial charge in [0.25, 0.3) is 5.69 Å². The van der Waals surface area contributed by atoms with Gasteiger partial charge in [0, 0.05) is 6.07 Å². The Morgan fingerprint density at radius 1 is 1.12 bits per heavy atom. The molecule has 0 aliphatic heterocycles. The maximum absolute atomic E-state index is 11.0. The summed E-state index contributed by atoms with van der Waals surface area (Å²) in [6.07, 6.45) is 0. The fraction of sp³-hybridized carbons (Fsp3) is 0.0909. The summed E-state index contributed by atoms with van der Waals surface area (Å²) in [5.41, 5.74) is 4.64.